The van der Waals surface area contributed by atoms with Crippen molar-refractivity contribution in [1.82, 2.24) is 0 Å². The van der Waals surface area contributed by atoms with E-state index in [9.17, 15) is 0 Å². The molecular formula is C10H6BrNS. The zero-order valence-corrected chi connectivity index (χ0v) is 9.15. The number of nitrogens with zero attached hydrogens (tertiary/aromatic N) is 1. The van der Waals surface area contributed by atoms with Crippen LogP contribution in [0, 0.1) is 6.57 Å². The van der Waals surface area contributed by atoms with Crippen LogP contribution in [0.4, 0.5) is 0 Å². The second kappa shape index (κ2) is 3.49. The van der Waals surface area contributed by atoms with E-state index in [0.717, 1.165) is 9.35 Å². The summed E-state index contributed by atoms with van der Waals surface area (Å²) in [5.74, 6) is 0. The maximum Gasteiger partial charge on any atom is 0.248 e. The summed E-state index contributed by atoms with van der Waals surface area (Å²) < 4.78 is 2.34. The third-order valence-corrected chi connectivity index (χ3v) is 3.36. The van der Waals surface area contributed by atoms with Gasteiger partial charge < -0.3 is 4.85 Å². The average Bonchev–Trinajstić information content (AvgIpc) is 2.46. The molecule has 13 heavy (non-hydrogen) atoms. The normalized spacial score (nSPS) is 10.2. The Morgan fingerprint density at radius 2 is 2.23 bits per heavy atom. The topological polar surface area (TPSA) is 4.36 Å². The molecule has 0 saturated carbocycles. The van der Waals surface area contributed by atoms with Gasteiger partial charge in [0.05, 0.1) is 4.88 Å². The van der Waals surface area contributed by atoms with Gasteiger partial charge >= 0.3 is 0 Å². The number of halogens is 1. The fourth-order valence-corrected chi connectivity index (χ4v) is 2.57. The molecule has 0 bridgehead atoms. The van der Waals surface area contributed by atoms with Crippen molar-refractivity contribution in [2.24, 2.45) is 0 Å². The molecule has 0 aliphatic rings. The van der Waals surface area contributed by atoms with Crippen LogP contribution in [-0.4, -0.2) is 0 Å². The van der Waals surface area contributed by atoms with Crippen molar-refractivity contribution in [3.05, 3.63) is 45.0 Å². The van der Waals surface area contributed by atoms with Gasteiger partial charge in [0.1, 0.15) is 0 Å². The van der Waals surface area contributed by atoms with Crippen molar-refractivity contribution in [2.75, 3.05) is 0 Å². The third kappa shape index (κ3) is 1.74. The molecule has 0 radical (unpaired) electrons. The van der Waals surface area contributed by atoms with E-state index in [1.807, 2.05) is 6.07 Å². The van der Waals surface area contributed by atoms with Crippen LogP contribution >= 0.6 is 27.3 Å². The average molecular weight is 252 g/mol. The summed E-state index contributed by atoms with van der Waals surface area (Å²) in [6.45, 7) is 7.28. The van der Waals surface area contributed by atoms with Crippen LogP contribution < -0.4 is 0 Å². The molecule has 0 fully saturated rings. The molecule has 64 valence electrons. The maximum absolute atomic E-state index is 6.78. The van der Waals surface area contributed by atoms with E-state index in [-0.39, 0.29) is 0 Å². The Hall–Kier alpha value is -0.850. The van der Waals surface area contributed by atoms with Crippen molar-refractivity contribution in [3.8, 4) is 0 Å². The zero-order chi connectivity index (χ0) is 9.26. The highest BCUT2D eigenvalue weighted by molar-refractivity contribution is 9.10. The van der Waals surface area contributed by atoms with Gasteiger partial charge in [-0.15, -0.1) is 11.3 Å². The van der Waals surface area contributed by atoms with Crippen LogP contribution in [0.3, 0.4) is 0 Å². The molecule has 0 aliphatic heterocycles. The molecule has 1 aromatic heterocycles. The lowest BCUT2D eigenvalue weighted by molar-refractivity contribution is 1.34. The second-order valence-electron chi connectivity index (χ2n) is 2.71. The van der Waals surface area contributed by atoms with E-state index < -0.39 is 0 Å². The van der Waals surface area contributed by atoms with Crippen LogP contribution in [0.25, 0.3) is 14.9 Å². The van der Waals surface area contributed by atoms with Crippen molar-refractivity contribution < 1.29 is 0 Å². The van der Waals surface area contributed by atoms with Crippen LogP contribution in [-0.2, 0) is 6.54 Å². The summed E-state index contributed by atoms with van der Waals surface area (Å²) in [6.07, 6.45) is 0. The highest BCUT2D eigenvalue weighted by Crippen LogP contribution is 2.28. The maximum atomic E-state index is 6.78. The van der Waals surface area contributed by atoms with Crippen LogP contribution in [0.5, 0.6) is 0 Å². The van der Waals surface area contributed by atoms with E-state index in [1.165, 1.54) is 10.1 Å². The Kier molecular flexibility index (Phi) is 2.34. The van der Waals surface area contributed by atoms with E-state index in [0.29, 0.717) is 6.54 Å². The van der Waals surface area contributed by atoms with Gasteiger partial charge in [0, 0.05) is 9.17 Å². The van der Waals surface area contributed by atoms with Crippen molar-refractivity contribution >= 4 is 37.4 Å². The molecule has 0 unspecified atom stereocenters. The molecule has 1 aromatic carbocycles. The van der Waals surface area contributed by atoms with Gasteiger partial charge in [0.25, 0.3) is 0 Å². The monoisotopic (exact) mass is 251 g/mol. The first kappa shape index (κ1) is 8.74. The van der Waals surface area contributed by atoms with Crippen molar-refractivity contribution in [2.45, 2.75) is 6.54 Å². The highest BCUT2D eigenvalue weighted by Gasteiger charge is 2.03. The van der Waals surface area contributed by atoms with E-state index >= 15 is 0 Å². The van der Waals surface area contributed by atoms with Gasteiger partial charge in [0.2, 0.25) is 6.54 Å². The van der Waals surface area contributed by atoms with E-state index in [2.05, 4.69) is 39.0 Å². The van der Waals surface area contributed by atoms with Crippen molar-refractivity contribution in [1.29, 1.82) is 0 Å². The van der Waals surface area contributed by atoms with E-state index in [1.54, 1.807) is 11.3 Å². The van der Waals surface area contributed by atoms with Gasteiger partial charge in [-0.25, -0.2) is 6.57 Å². The van der Waals surface area contributed by atoms with Gasteiger partial charge in [-0.1, -0.05) is 15.9 Å². The first-order valence-corrected chi connectivity index (χ1v) is 5.42. The number of thiophene rings is 1. The number of hydrogen-bond donors (Lipinski definition) is 0. The molecule has 2 aromatic rings. The third-order valence-electron chi connectivity index (χ3n) is 1.76. The smallest absolute Gasteiger partial charge is 0.248 e. The number of hydrogen-bond acceptors (Lipinski definition) is 1. The molecular weight excluding hydrogens is 246 g/mol. The minimum absolute atomic E-state index is 0.497. The molecule has 0 amide bonds. The molecule has 0 aliphatic carbocycles. The fraction of sp³-hybridized carbons (Fsp3) is 0.100. The van der Waals surface area contributed by atoms with Crippen LogP contribution in [0.15, 0.2) is 28.7 Å². The number of fused-ring (bicyclic) bond motifs is 1. The summed E-state index contributed by atoms with van der Waals surface area (Å²) in [7, 11) is 0. The first-order valence-electron chi connectivity index (χ1n) is 3.81. The zero-order valence-electron chi connectivity index (χ0n) is 6.75. The molecule has 0 spiro atoms. The van der Waals surface area contributed by atoms with Gasteiger partial charge in [-0.3, -0.25) is 0 Å². The molecule has 0 saturated heterocycles. The Bertz CT molecular complexity index is 481. The SMILES string of the molecule is [C-]#[N+]Cc1cc2cc(Br)ccc2s1. The van der Waals surface area contributed by atoms with E-state index in [4.69, 9.17) is 6.57 Å². The molecule has 2 rings (SSSR count). The van der Waals surface area contributed by atoms with Crippen molar-refractivity contribution in [3.63, 3.8) is 0 Å². The quantitative estimate of drug-likeness (QED) is 0.673. The lowest BCUT2D eigenvalue weighted by atomic mass is 10.2. The standard InChI is InChI=1S/C10H6BrNS/c1-12-6-9-5-7-4-8(11)2-3-10(7)13-9/h2-5H,6H2. The Balaban J connectivity index is 2.57. The summed E-state index contributed by atoms with van der Waals surface area (Å²) in [5, 5.41) is 1.22. The predicted molar refractivity (Wildman–Crippen MR) is 59.8 cm³/mol. The Morgan fingerprint density at radius 1 is 1.38 bits per heavy atom. The molecule has 1 nitrogen and oxygen atoms in total. The fourth-order valence-electron chi connectivity index (χ4n) is 1.23. The largest absolute Gasteiger partial charge is 0.311 e. The predicted octanol–water partition coefficient (Wildman–Crippen LogP) is 4.08. The first-order chi connectivity index (χ1) is 6.29. The van der Waals surface area contributed by atoms with Gasteiger partial charge in [0.15, 0.2) is 0 Å². The van der Waals surface area contributed by atoms with Gasteiger partial charge in [-0.05, 0) is 29.7 Å². The van der Waals surface area contributed by atoms with Crippen LogP contribution in [0.1, 0.15) is 4.88 Å². The number of rotatable bonds is 1. The molecule has 3 heteroatoms. The summed E-state index contributed by atoms with van der Waals surface area (Å²) in [5.41, 5.74) is 0. The lowest BCUT2D eigenvalue weighted by Crippen LogP contribution is -1.65. The lowest BCUT2D eigenvalue weighted by Gasteiger charge is -1.88. The summed E-state index contributed by atoms with van der Waals surface area (Å²) in [6, 6.07) is 8.28. The minimum Gasteiger partial charge on any atom is -0.311 e. The Labute approximate surface area is 89.0 Å². The molecule has 1 heterocycles. The molecule has 0 atom stereocenters. The summed E-state index contributed by atoms with van der Waals surface area (Å²) in [4.78, 5) is 4.51. The minimum atomic E-state index is 0.497. The number of benzene rings is 1. The summed E-state index contributed by atoms with van der Waals surface area (Å²) >= 11 is 5.12. The Morgan fingerprint density at radius 3 is 3.00 bits per heavy atom. The van der Waals surface area contributed by atoms with Crippen LogP contribution in [0.2, 0.25) is 0 Å². The second-order valence-corrected chi connectivity index (χ2v) is 4.80. The van der Waals surface area contributed by atoms with Gasteiger partial charge in [-0.2, -0.15) is 0 Å². The molecule has 0 N–H and O–H groups in total. The highest BCUT2D eigenvalue weighted by atomic mass is 79.9.